The summed E-state index contributed by atoms with van der Waals surface area (Å²) < 4.78 is 5.78. The first-order valence-corrected chi connectivity index (χ1v) is 13.8. The van der Waals surface area contributed by atoms with Crippen molar-refractivity contribution in [3.8, 4) is 5.75 Å². The smallest absolute Gasteiger partial charge is 0.280 e. The van der Waals surface area contributed by atoms with E-state index in [0.717, 1.165) is 34.7 Å². The third-order valence-electron chi connectivity index (χ3n) is 7.48. The Hall–Kier alpha value is -4.72. The van der Waals surface area contributed by atoms with Crippen LogP contribution in [-0.4, -0.2) is 29.2 Å². The molecule has 3 aromatic rings. The highest BCUT2D eigenvalue weighted by atomic mass is 16.6. The lowest BCUT2D eigenvalue weighted by Gasteiger charge is -2.27. The standard InChI is InChI=1S/C33H34N4O4/c1-22(2)41-27-14-11-24(12-15-27)19-20-35-30-17-13-26(37(39)40)21-29(30)33(4,5)31(35)18-16-28-23(3)34-36(32(28)38)25-9-7-6-8-10-25/h6-18,21-22H,19-20H2,1-5H3/b28-16-,31-18+. The van der Waals surface area contributed by atoms with E-state index >= 15 is 0 Å². The molecule has 0 bridgehead atoms. The van der Waals surface area contributed by atoms with Crippen LogP contribution in [0.5, 0.6) is 5.75 Å². The number of nitrogens with zero attached hydrogens (tertiary/aromatic N) is 4. The predicted octanol–water partition coefficient (Wildman–Crippen LogP) is 6.96. The molecule has 2 heterocycles. The number of non-ortho nitro benzene ring substituents is 1. The van der Waals surface area contributed by atoms with E-state index in [-0.39, 0.29) is 22.6 Å². The maximum atomic E-state index is 13.3. The van der Waals surface area contributed by atoms with Crippen LogP contribution in [0.4, 0.5) is 17.1 Å². The predicted molar refractivity (Wildman–Crippen MR) is 163 cm³/mol. The van der Waals surface area contributed by atoms with Crippen molar-refractivity contribution in [1.82, 2.24) is 0 Å². The van der Waals surface area contributed by atoms with Gasteiger partial charge in [-0.15, -0.1) is 0 Å². The van der Waals surface area contributed by atoms with Crippen molar-refractivity contribution >= 4 is 28.7 Å². The summed E-state index contributed by atoms with van der Waals surface area (Å²) in [5.41, 5.74) is 5.31. The van der Waals surface area contributed by atoms with Gasteiger partial charge in [-0.25, -0.2) is 0 Å². The van der Waals surface area contributed by atoms with Crippen LogP contribution in [0, 0.1) is 10.1 Å². The molecule has 2 aliphatic rings. The maximum Gasteiger partial charge on any atom is 0.280 e. The number of amides is 1. The molecule has 41 heavy (non-hydrogen) atoms. The number of hydrogen-bond acceptors (Lipinski definition) is 6. The highest BCUT2D eigenvalue weighted by Gasteiger charge is 2.41. The second-order valence-electron chi connectivity index (χ2n) is 11.1. The Balaban J connectivity index is 1.48. The number of hydrazone groups is 1. The van der Waals surface area contributed by atoms with Gasteiger partial charge in [0.05, 0.1) is 28.0 Å². The van der Waals surface area contributed by atoms with Gasteiger partial charge in [0.1, 0.15) is 5.75 Å². The van der Waals surface area contributed by atoms with Gasteiger partial charge in [-0.3, -0.25) is 14.9 Å². The van der Waals surface area contributed by atoms with Crippen LogP contribution in [0.3, 0.4) is 0 Å². The van der Waals surface area contributed by atoms with Gasteiger partial charge in [-0.05, 0) is 80.8 Å². The van der Waals surface area contributed by atoms with Crippen LogP contribution in [0.25, 0.3) is 0 Å². The Morgan fingerprint density at radius 1 is 1.02 bits per heavy atom. The van der Waals surface area contributed by atoms with Gasteiger partial charge < -0.3 is 9.64 Å². The topological polar surface area (TPSA) is 88.3 Å². The van der Waals surface area contributed by atoms with Crippen LogP contribution in [0.2, 0.25) is 0 Å². The first kappa shape index (κ1) is 27.8. The highest BCUT2D eigenvalue weighted by Crippen LogP contribution is 2.49. The molecule has 210 valence electrons. The van der Waals surface area contributed by atoms with Gasteiger partial charge in [0.25, 0.3) is 11.6 Å². The summed E-state index contributed by atoms with van der Waals surface area (Å²) in [6, 6.07) is 22.5. The average molecular weight is 551 g/mol. The largest absolute Gasteiger partial charge is 0.491 e. The second kappa shape index (κ2) is 11.0. The molecular weight excluding hydrogens is 516 g/mol. The van der Waals surface area contributed by atoms with Crippen LogP contribution in [0.15, 0.2) is 101 Å². The van der Waals surface area contributed by atoms with Crippen molar-refractivity contribution in [3.63, 3.8) is 0 Å². The number of rotatable bonds is 8. The lowest BCUT2D eigenvalue weighted by Crippen LogP contribution is -2.28. The number of hydrogen-bond donors (Lipinski definition) is 0. The first-order chi connectivity index (χ1) is 19.6. The third kappa shape index (κ3) is 5.50. The van der Waals surface area contributed by atoms with Gasteiger partial charge in [-0.1, -0.05) is 44.2 Å². The molecule has 0 atom stereocenters. The lowest BCUT2D eigenvalue weighted by atomic mass is 9.83. The summed E-state index contributed by atoms with van der Waals surface area (Å²) in [5, 5.41) is 17.5. The van der Waals surface area contributed by atoms with E-state index in [9.17, 15) is 14.9 Å². The Bertz CT molecular complexity index is 1570. The number of allylic oxidation sites excluding steroid dienone is 3. The summed E-state index contributed by atoms with van der Waals surface area (Å²) in [6.07, 6.45) is 4.65. The zero-order valence-corrected chi connectivity index (χ0v) is 24.0. The molecule has 0 saturated carbocycles. The van der Waals surface area contributed by atoms with Crippen molar-refractivity contribution in [1.29, 1.82) is 0 Å². The Morgan fingerprint density at radius 2 is 1.73 bits per heavy atom. The minimum Gasteiger partial charge on any atom is -0.491 e. The monoisotopic (exact) mass is 550 g/mol. The zero-order valence-electron chi connectivity index (χ0n) is 24.0. The number of para-hydroxylation sites is 1. The van der Waals surface area contributed by atoms with Crippen molar-refractivity contribution < 1.29 is 14.5 Å². The van der Waals surface area contributed by atoms with E-state index in [1.54, 1.807) is 12.1 Å². The van der Waals surface area contributed by atoms with Crippen molar-refractivity contribution in [2.75, 3.05) is 16.5 Å². The number of nitro benzene ring substituents is 1. The fourth-order valence-electron chi connectivity index (χ4n) is 5.38. The first-order valence-electron chi connectivity index (χ1n) is 13.8. The van der Waals surface area contributed by atoms with Crippen LogP contribution >= 0.6 is 0 Å². The fraction of sp³-hybridized carbons (Fsp3) is 0.273. The van der Waals surface area contributed by atoms with Gasteiger partial charge in [0.15, 0.2) is 0 Å². The lowest BCUT2D eigenvalue weighted by molar-refractivity contribution is -0.384. The van der Waals surface area contributed by atoms with E-state index in [4.69, 9.17) is 4.74 Å². The number of nitro groups is 1. The van der Waals surface area contributed by atoms with Gasteiger partial charge >= 0.3 is 0 Å². The minimum absolute atomic E-state index is 0.0598. The van der Waals surface area contributed by atoms with E-state index in [2.05, 4.69) is 36.0 Å². The molecule has 0 aliphatic carbocycles. The number of carbonyl (C=O) groups excluding carboxylic acids is 1. The van der Waals surface area contributed by atoms with Gasteiger partial charge in [0.2, 0.25) is 0 Å². The summed E-state index contributed by atoms with van der Waals surface area (Å²) >= 11 is 0. The average Bonchev–Trinajstić information content (AvgIpc) is 3.35. The summed E-state index contributed by atoms with van der Waals surface area (Å²) in [6.45, 7) is 10.6. The van der Waals surface area contributed by atoms with Crippen LogP contribution in [0.1, 0.15) is 45.7 Å². The van der Waals surface area contributed by atoms with E-state index in [1.165, 1.54) is 5.01 Å². The van der Waals surface area contributed by atoms with Crippen LogP contribution in [-0.2, 0) is 16.6 Å². The van der Waals surface area contributed by atoms with Crippen LogP contribution < -0.4 is 14.6 Å². The quantitative estimate of drug-likeness (QED) is 0.172. The Labute approximate surface area is 240 Å². The molecule has 0 radical (unpaired) electrons. The van der Waals surface area contributed by atoms with Crippen molar-refractivity contribution in [3.05, 3.63) is 117 Å². The Kier molecular flexibility index (Phi) is 7.49. The molecule has 5 rings (SSSR count). The number of ether oxygens (including phenoxy) is 1. The van der Waals surface area contributed by atoms with E-state index in [1.807, 2.05) is 81.5 Å². The number of anilines is 2. The SMILES string of the molecule is CC1=NN(c2ccccc2)C(=O)/C1=C\C=C1\N(CCc2ccc(OC(C)C)cc2)c2ccc([N+](=O)[O-])cc2C1(C)C. The van der Waals surface area contributed by atoms with Crippen molar-refractivity contribution in [2.24, 2.45) is 5.10 Å². The third-order valence-corrected chi connectivity index (χ3v) is 7.48. The van der Waals surface area contributed by atoms with Gasteiger partial charge in [0, 0.05) is 35.5 Å². The molecule has 0 fully saturated rings. The normalized spacial score (nSPS) is 17.9. The molecule has 0 saturated heterocycles. The molecule has 0 aromatic heterocycles. The molecule has 8 nitrogen and oxygen atoms in total. The molecule has 0 N–H and O–H groups in total. The fourth-order valence-corrected chi connectivity index (χ4v) is 5.38. The Morgan fingerprint density at radius 3 is 2.39 bits per heavy atom. The molecule has 3 aromatic carbocycles. The van der Waals surface area contributed by atoms with Crippen molar-refractivity contribution in [2.45, 2.75) is 52.6 Å². The maximum absolute atomic E-state index is 13.3. The molecular formula is C33H34N4O4. The number of benzene rings is 3. The zero-order chi connectivity index (χ0) is 29.3. The summed E-state index contributed by atoms with van der Waals surface area (Å²) in [7, 11) is 0. The molecule has 0 spiro atoms. The van der Waals surface area contributed by atoms with E-state index < -0.39 is 5.41 Å². The summed E-state index contributed by atoms with van der Waals surface area (Å²) in [4.78, 5) is 26.8. The minimum atomic E-state index is -0.529. The molecule has 2 aliphatic heterocycles. The van der Waals surface area contributed by atoms with E-state index in [0.29, 0.717) is 23.5 Å². The molecule has 8 heteroatoms. The highest BCUT2D eigenvalue weighted by molar-refractivity contribution is 6.29. The van der Waals surface area contributed by atoms with Gasteiger partial charge in [-0.2, -0.15) is 10.1 Å². The second-order valence-corrected chi connectivity index (χ2v) is 11.1. The number of carbonyl (C=O) groups is 1. The summed E-state index contributed by atoms with van der Waals surface area (Å²) in [5.74, 6) is 0.642. The number of fused-ring (bicyclic) bond motifs is 1. The molecule has 0 unspecified atom stereocenters. The molecule has 1 amide bonds.